The summed E-state index contributed by atoms with van der Waals surface area (Å²) < 4.78 is 0. The maximum atomic E-state index is 12.0. The quantitative estimate of drug-likeness (QED) is 0.718. The molecule has 3 N–H and O–H groups in total. The molecule has 2 rings (SSSR count). The minimum atomic E-state index is -0.804. The monoisotopic (exact) mass is 269 g/mol. The van der Waals surface area contributed by atoms with E-state index >= 15 is 0 Å². The maximum absolute atomic E-state index is 12.0. The molecule has 2 aliphatic carbocycles. The summed E-state index contributed by atoms with van der Waals surface area (Å²) in [5, 5.41) is 22.0. The molecule has 2 fully saturated rings. The van der Waals surface area contributed by atoms with Gasteiger partial charge in [-0.15, -0.1) is 0 Å². The molecule has 0 unspecified atom stereocenters. The highest BCUT2D eigenvalue weighted by molar-refractivity contribution is 5.80. The molecule has 0 saturated heterocycles. The number of hydrogen-bond acceptors (Lipinski definition) is 3. The Hall–Kier alpha value is -1.10. The van der Waals surface area contributed by atoms with Crippen LogP contribution in [0, 0.1) is 11.8 Å². The smallest absolute Gasteiger partial charge is 0.306 e. The molecule has 0 radical (unpaired) electrons. The number of rotatable bonds is 4. The highest BCUT2D eigenvalue weighted by Gasteiger charge is 2.35. The summed E-state index contributed by atoms with van der Waals surface area (Å²) in [6.07, 6.45) is 6.32. The first-order chi connectivity index (χ1) is 9.00. The summed E-state index contributed by atoms with van der Waals surface area (Å²) in [4.78, 5) is 22.8. The molecule has 0 aromatic rings. The van der Waals surface area contributed by atoms with Crippen LogP contribution in [0.25, 0.3) is 0 Å². The molecule has 0 heterocycles. The molecule has 19 heavy (non-hydrogen) atoms. The number of aliphatic hydroxyl groups is 1. The molecule has 2 saturated carbocycles. The van der Waals surface area contributed by atoms with Crippen LogP contribution in [0.3, 0.4) is 0 Å². The van der Waals surface area contributed by atoms with E-state index in [2.05, 4.69) is 5.32 Å². The number of amides is 1. The second-order valence-electron chi connectivity index (χ2n) is 6.05. The first kappa shape index (κ1) is 14.3. The van der Waals surface area contributed by atoms with Gasteiger partial charge in [-0.2, -0.15) is 0 Å². The van der Waals surface area contributed by atoms with Crippen molar-refractivity contribution in [3.63, 3.8) is 0 Å². The van der Waals surface area contributed by atoms with Gasteiger partial charge in [0.05, 0.1) is 11.5 Å². The van der Waals surface area contributed by atoms with Crippen molar-refractivity contribution in [2.24, 2.45) is 11.8 Å². The fraction of sp³-hybridized carbons (Fsp3) is 0.857. The Morgan fingerprint density at radius 2 is 1.74 bits per heavy atom. The molecule has 5 heteroatoms. The van der Waals surface area contributed by atoms with Gasteiger partial charge in [-0.1, -0.05) is 19.3 Å². The van der Waals surface area contributed by atoms with Crippen LogP contribution in [0.4, 0.5) is 0 Å². The molecule has 108 valence electrons. The topological polar surface area (TPSA) is 86.6 Å². The molecular weight excluding hydrogens is 246 g/mol. The van der Waals surface area contributed by atoms with Crippen LogP contribution in [-0.4, -0.2) is 34.2 Å². The Bertz CT molecular complexity index is 349. The molecule has 0 aliphatic heterocycles. The highest BCUT2D eigenvalue weighted by Crippen LogP contribution is 2.32. The van der Waals surface area contributed by atoms with E-state index in [0.717, 1.165) is 32.1 Å². The summed E-state index contributed by atoms with van der Waals surface area (Å²) in [5.74, 6) is -1.48. The standard InChI is InChI=1S/C14H23NO4/c16-12(10-4-5-11(8-10)13(17)18)15-9-14(19)6-2-1-3-7-14/h10-11,19H,1-9H2,(H,15,16)(H,17,18)/t10-,11+/m1/s1. The van der Waals surface area contributed by atoms with Crippen molar-refractivity contribution >= 4 is 11.9 Å². The summed E-state index contributed by atoms with van der Waals surface area (Å²) in [5.41, 5.74) is -0.751. The molecule has 0 aromatic heterocycles. The van der Waals surface area contributed by atoms with Gasteiger partial charge in [0.25, 0.3) is 0 Å². The average Bonchev–Trinajstić information content (AvgIpc) is 2.87. The van der Waals surface area contributed by atoms with Crippen molar-refractivity contribution in [1.29, 1.82) is 0 Å². The molecule has 5 nitrogen and oxygen atoms in total. The average molecular weight is 269 g/mol. The predicted octanol–water partition coefficient (Wildman–Crippen LogP) is 1.30. The Labute approximate surface area is 113 Å². The molecular formula is C14H23NO4. The normalized spacial score (nSPS) is 29.9. The van der Waals surface area contributed by atoms with E-state index in [1.807, 2.05) is 0 Å². The van der Waals surface area contributed by atoms with Crippen LogP contribution in [-0.2, 0) is 9.59 Å². The Balaban J connectivity index is 1.77. The van der Waals surface area contributed by atoms with Gasteiger partial charge in [-0.25, -0.2) is 0 Å². The highest BCUT2D eigenvalue weighted by atomic mass is 16.4. The van der Waals surface area contributed by atoms with Crippen LogP contribution in [0.1, 0.15) is 51.4 Å². The van der Waals surface area contributed by atoms with Crippen molar-refractivity contribution in [2.45, 2.75) is 57.0 Å². The molecule has 0 aromatic carbocycles. The third-order valence-corrected chi connectivity index (χ3v) is 4.53. The zero-order valence-electron chi connectivity index (χ0n) is 11.2. The van der Waals surface area contributed by atoms with E-state index in [0.29, 0.717) is 25.8 Å². The molecule has 0 bridgehead atoms. The number of carbonyl (C=O) groups excluding carboxylic acids is 1. The zero-order chi connectivity index (χ0) is 13.9. The van der Waals surface area contributed by atoms with Gasteiger partial charge < -0.3 is 15.5 Å². The lowest BCUT2D eigenvalue weighted by Crippen LogP contribution is -2.45. The van der Waals surface area contributed by atoms with Crippen molar-refractivity contribution in [3.05, 3.63) is 0 Å². The van der Waals surface area contributed by atoms with Gasteiger partial charge in [-0.05, 0) is 32.1 Å². The third kappa shape index (κ3) is 3.69. The van der Waals surface area contributed by atoms with Crippen LogP contribution in [0.2, 0.25) is 0 Å². The van der Waals surface area contributed by atoms with E-state index in [9.17, 15) is 14.7 Å². The summed E-state index contributed by atoms with van der Waals surface area (Å²) >= 11 is 0. The second-order valence-corrected chi connectivity index (χ2v) is 6.05. The van der Waals surface area contributed by atoms with Crippen molar-refractivity contribution in [1.82, 2.24) is 5.32 Å². The second kappa shape index (κ2) is 5.90. The van der Waals surface area contributed by atoms with Gasteiger partial charge in [-0.3, -0.25) is 9.59 Å². The van der Waals surface area contributed by atoms with Gasteiger partial charge in [0, 0.05) is 12.5 Å². The van der Waals surface area contributed by atoms with E-state index in [1.54, 1.807) is 0 Å². The summed E-state index contributed by atoms with van der Waals surface area (Å²) in [6.45, 7) is 0.306. The van der Waals surface area contributed by atoms with Gasteiger partial charge in [0.1, 0.15) is 0 Å². The van der Waals surface area contributed by atoms with Crippen LogP contribution >= 0.6 is 0 Å². The van der Waals surface area contributed by atoms with Gasteiger partial charge in [0.15, 0.2) is 0 Å². The van der Waals surface area contributed by atoms with E-state index < -0.39 is 11.6 Å². The Morgan fingerprint density at radius 1 is 1.11 bits per heavy atom. The maximum Gasteiger partial charge on any atom is 0.306 e. The van der Waals surface area contributed by atoms with E-state index in [1.165, 1.54) is 0 Å². The van der Waals surface area contributed by atoms with E-state index in [4.69, 9.17) is 5.11 Å². The number of nitrogens with one attached hydrogen (secondary N) is 1. The first-order valence-electron chi connectivity index (χ1n) is 7.23. The summed E-state index contributed by atoms with van der Waals surface area (Å²) in [7, 11) is 0. The predicted molar refractivity (Wildman–Crippen MR) is 69.5 cm³/mol. The lowest BCUT2D eigenvalue weighted by atomic mass is 9.85. The first-order valence-corrected chi connectivity index (χ1v) is 7.23. The van der Waals surface area contributed by atoms with Crippen molar-refractivity contribution in [2.75, 3.05) is 6.54 Å². The lowest BCUT2D eigenvalue weighted by Gasteiger charge is -2.32. The zero-order valence-corrected chi connectivity index (χ0v) is 11.2. The van der Waals surface area contributed by atoms with E-state index in [-0.39, 0.29) is 17.7 Å². The summed E-state index contributed by atoms with van der Waals surface area (Å²) in [6, 6.07) is 0. The minimum Gasteiger partial charge on any atom is -0.481 e. The van der Waals surface area contributed by atoms with Gasteiger partial charge >= 0.3 is 5.97 Å². The van der Waals surface area contributed by atoms with Crippen molar-refractivity contribution < 1.29 is 19.8 Å². The number of aliphatic carboxylic acids is 1. The fourth-order valence-electron chi connectivity index (χ4n) is 3.23. The largest absolute Gasteiger partial charge is 0.481 e. The van der Waals surface area contributed by atoms with Crippen LogP contribution in [0.5, 0.6) is 0 Å². The Kier molecular flexibility index (Phi) is 4.45. The number of hydrogen-bond donors (Lipinski definition) is 3. The third-order valence-electron chi connectivity index (χ3n) is 4.53. The van der Waals surface area contributed by atoms with Crippen molar-refractivity contribution in [3.8, 4) is 0 Å². The van der Waals surface area contributed by atoms with Crippen LogP contribution in [0.15, 0.2) is 0 Å². The molecule has 1 amide bonds. The SMILES string of the molecule is O=C(O)[C@H]1CC[C@@H](C(=O)NCC2(O)CCCCC2)C1. The number of carboxylic acid groups (broad SMARTS) is 1. The van der Waals surface area contributed by atoms with Crippen LogP contribution < -0.4 is 5.32 Å². The lowest BCUT2D eigenvalue weighted by molar-refractivity contribution is -0.141. The molecule has 0 spiro atoms. The number of carbonyl (C=O) groups is 2. The Morgan fingerprint density at radius 3 is 2.32 bits per heavy atom. The molecule has 2 atom stereocenters. The number of carboxylic acids is 1. The minimum absolute atomic E-state index is 0.0947. The fourth-order valence-corrected chi connectivity index (χ4v) is 3.23. The molecule has 2 aliphatic rings. The van der Waals surface area contributed by atoms with Gasteiger partial charge in [0.2, 0.25) is 5.91 Å².